The van der Waals surface area contributed by atoms with Gasteiger partial charge in [0, 0.05) is 4.47 Å². The van der Waals surface area contributed by atoms with Gasteiger partial charge in [-0.1, -0.05) is 34.1 Å². The van der Waals surface area contributed by atoms with E-state index < -0.39 is 0 Å². The summed E-state index contributed by atoms with van der Waals surface area (Å²) in [6, 6.07) is 7.95. The van der Waals surface area contributed by atoms with Crippen LogP contribution in [0.15, 0.2) is 41.1 Å². The summed E-state index contributed by atoms with van der Waals surface area (Å²) in [6.45, 7) is 0.960. The molecule has 1 heterocycles. The molecule has 0 saturated heterocycles. The van der Waals surface area contributed by atoms with Crippen molar-refractivity contribution in [1.29, 1.82) is 0 Å². The van der Waals surface area contributed by atoms with Gasteiger partial charge in [0.05, 0.1) is 31.3 Å². The van der Waals surface area contributed by atoms with Crippen LogP contribution in [0.5, 0.6) is 0 Å². The van der Waals surface area contributed by atoms with E-state index in [2.05, 4.69) is 25.9 Å². The molecule has 1 aromatic carbocycles. The molecule has 2 rings (SSSR count). The first-order chi connectivity index (χ1) is 8.25. The van der Waals surface area contributed by atoms with Crippen LogP contribution in [0.2, 0.25) is 0 Å². The van der Waals surface area contributed by atoms with E-state index in [4.69, 9.17) is 10.5 Å². The zero-order chi connectivity index (χ0) is 12.1. The first-order valence-electron chi connectivity index (χ1n) is 5.13. The standard InChI is InChI=1S/C12H12BrN3O/c13-11-4-2-1-3-9(11)7-17-8-10-5-16-12(14)6-15-10/h1-6H,7-8H2,(H2,14,16). The molecule has 5 heteroatoms. The zero-order valence-electron chi connectivity index (χ0n) is 9.14. The van der Waals surface area contributed by atoms with Crippen LogP contribution >= 0.6 is 15.9 Å². The Morgan fingerprint density at radius 2 is 1.94 bits per heavy atom. The summed E-state index contributed by atoms with van der Waals surface area (Å²) in [6.07, 6.45) is 3.15. The third-order valence-electron chi connectivity index (χ3n) is 2.19. The Morgan fingerprint density at radius 1 is 1.12 bits per heavy atom. The van der Waals surface area contributed by atoms with Gasteiger partial charge in [0.15, 0.2) is 0 Å². The highest BCUT2D eigenvalue weighted by Gasteiger charge is 2.00. The van der Waals surface area contributed by atoms with Crippen molar-refractivity contribution in [2.24, 2.45) is 0 Å². The Morgan fingerprint density at radius 3 is 2.65 bits per heavy atom. The fourth-order valence-electron chi connectivity index (χ4n) is 1.32. The maximum Gasteiger partial charge on any atom is 0.141 e. The van der Waals surface area contributed by atoms with Crippen molar-refractivity contribution in [3.8, 4) is 0 Å². The topological polar surface area (TPSA) is 61.0 Å². The Hall–Kier alpha value is -1.46. The predicted molar refractivity (Wildman–Crippen MR) is 69.1 cm³/mol. The lowest BCUT2D eigenvalue weighted by molar-refractivity contribution is 0.104. The minimum absolute atomic E-state index is 0.416. The molecule has 0 radical (unpaired) electrons. The number of nitrogen functional groups attached to an aromatic ring is 1. The van der Waals surface area contributed by atoms with Gasteiger partial charge in [-0.3, -0.25) is 4.98 Å². The smallest absolute Gasteiger partial charge is 0.141 e. The molecule has 0 spiro atoms. The number of halogens is 1. The van der Waals surface area contributed by atoms with Crippen molar-refractivity contribution >= 4 is 21.7 Å². The summed E-state index contributed by atoms with van der Waals surface area (Å²) >= 11 is 3.47. The summed E-state index contributed by atoms with van der Waals surface area (Å²) in [7, 11) is 0. The van der Waals surface area contributed by atoms with Gasteiger partial charge in [-0.15, -0.1) is 0 Å². The average Bonchev–Trinajstić information content (AvgIpc) is 2.34. The first kappa shape index (κ1) is 12.0. The second-order valence-corrected chi connectivity index (χ2v) is 4.37. The second kappa shape index (κ2) is 5.75. The quantitative estimate of drug-likeness (QED) is 0.941. The van der Waals surface area contributed by atoms with Gasteiger partial charge < -0.3 is 10.5 Å². The van der Waals surface area contributed by atoms with Crippen LogP contribution in [0.3, 0.4) is 0 Å². The number of hydrogen-bond acceptors (Lipinski definition) is 4. The molecule has 0 fully saturated rings. The fraction of sp³-hybridized carbons (Fsp3) is 0.167. The van der Waals surface area contributed by atoms with Crippen LogP contribution in [0.4, 0.5) is 5.82 Å². The lowest BCUT2D eigenvalue weighted by Crippen LogP contribution is -1.99. The normalized spacial score (nSPS) is 10.4. The van der Waals surface area contributed by atoms with E-state index >= 15 is 0 Å². The molecule has 88 valence electrons. The summed E-state index contributed by atoms with van der Waals surface area (Å²) in [5, 5.41) is 0. The maximum atomic E-state index is 5.55. The maximum absolute atomic E-state index is 5.55. The van der Waals surface area contributed by atoms with Crippen LogP contribution in [0, 0.1) is 0 Å². The summed E-state index contributed by atoms with van der Waals surface area (Å²) in [5.41, 5.74) is 7.32. The highest BCUT2D eigenvalue weighted by Crippen LogP contribution is 2.16. The zero-order valence-corrected chi connectivity index (χ0v) is 10.7. The number of benzene rings is 1. The molecule has 2 N–H and O–H groups in total. The largest absolute Gasteiger partial charge is 0.382 e. The lowest BCUT2D eigenvalue weighted by atomic mass is 10.2. The van der Waals surface area contributed by atoms with E-state index in [-0.39, 0.29) is 0 Å². The molecule has 0 unspecified atom stereocenters. The van der Waals surface area contributed by atoms with Crippen molar-refractivity contribution in [2.75, 3.05) is 5.73 Å². The van der Waals surface area contributed by atoms with Crippen molar-refractivity contribution in [3.05, 3.63) is 52.4 Å². The van der Waals surface area contributed by atoms with Gasteiger partial charge in [0.25, 0.3) is 0 Å². The Labute approximate surface area is 108 Å². The fourth-order valence-corrected chi connectivity index (χ4v) is 1.72. The van der Waals surface area contributed by atoms with Gasteiger partial charge in [0.2, 0.25) is 0 Å². The summed E-state index contributed by atoms with van der Waals surface area (Å²) in [5.74, 6) is 0.416. The molecule has 0 aliphatic rings. The van der Waals surface area contributed by atoms with Crippen molar-refractivity contribution in [3.63, 3.8) is 0 Å². The monoisotopic (exact) mass is 293 g/mol. The van der Waals surface area contributed by atoms with Crippen LogP contribution in [0.25, 0.3) is 0 Å². The Balaban J connectivity index is 1.88. The number of anilines is 1. The molecular weight excluding hydrogens is 282 g/mol. The number of ether oxygens (including phenoxy) is 1. The third-order valence-corrected chi connectivity index (χ3v) is 2.96. The van der Waals surface area contributed by atoms with Crippen LogP contribution in [-0.4, -0.2) is 9.97 Å². The van der Waals surface area contributed by atoms with Gasteiger partial charge in [0.1, 0.15) is 5.82 Å². The van der Waals surface area contributed by atoms with E-state index in [1.165, 1.54) is 6.20 Å². The minimum Gasteiger partial charge on any atom is -0.382 e. The third kappa shape index (κ3) is 3.51. The molecule has 0 atom stereocenters. The van der Waals surface area contributed by atoms with Gasteiger partial charge in [-0.05, 0) is 11.6 Å². The molecule has 0 amide bonds. The van der Waals surface area contributed by atoms with Crippen molar-refractivity contribution in [2.45, 2.75) is 13.2 Å². The first-order valence-corrected chi connectivity index (χ1v) is 5.92. The molecule has 17 heavy (non-hydrogen) atoms. The second-order valence-electron chi connectivity index (χ2n) is 3.52. The van der Waals surface area contributed by atoms with Gasteiger partial charge >= 0.3 is 0 Å². The van der Waals surface area contributed by atoms with Crippen LogP contribution in [0.1, 0.15) is 11.3 Å². The van der Waals surface area contributed by atoms with E-state index in [0.717, 1.165) is 15.7 Å². The van der Waals surface area contributed by atoms with Gasteiger partial charge in [-0.2, -0.15) is 0 Å². The van der Waals surface area contributed by atoms with E-state index in [1.807, 2.05) is 24.3 Å². The number of rotatable bonds is 4. The van der Waals surface area contributed by atoms with Crippen LogP contribution in [-0.2, 0) is 18.0 Å². The van der Waals surface area contributed by atoms with Crippen molar-refractivity contribution in [1.82, 2.24) is 9.97 Å². The lowest BCUT2D eigenvalue weighted by Gasteiger charge is -2.05. The Bertz CT molecular complexity index is 487. The SMILES string of the molecule is Nc1cnc(COCc2ccccc2Br)cn1. The minimum atomic E-state index is 0.416. The predicted octanol–water partition coefficient (Wildman–Crippen LogP) is 2.54. The molecule has 4 nitrogen and oxygen atoms in total. The molecule has 0 aliphatic carbocycles. The van der Waals surface area contributed by atoms with E-state index in [1.54, 1.807) is 6.20 Å². The highest BCUT2D eigenvalue weighted by atomic mass is 79.9. The molecular formula is C12H12BrN3O. The van der Waals surface area contributed by atoms with Gasteiger partial charge in [-0.25, -0.2) is 4.98 Å². The number of hydrogen-bond donors (Lipinski definition) is 1. The highest BCUT2D eigenvalue weighted by molar-refractivity contribution is 9.10. The number of nitrogens with two attached hydrogens (primary N) is 1. The molecule has 2 aromatic rings. The average molecular weight is 294 g/mol. The van der Waals surface area contributed by atoms with Crippen molar-refractivity contribution < 1.29 is 4.74 Å². The molecule has 0 saturated carbocycles. The Kier molecular flexibility index (Phi) is 4.06. The number of nitrogens with zero attached hydrogens (tertiary/aromatic N) is 2. The summed E-state index contributed by atoms with van der Waals surface area (Å²) in [4.78, 5) is 8.06. The molecule has 0 aliphatic heterocycles. The summed E-state index contributed by atoms with van der Waals surface area (Å²) < 4.78 is 6.60. The number of aromatic nitrogens is 2. The van der Waals surface area contributed by atoms with E-state index in [9.17, 15) is 0 Å². The van der Waals surface area contributed by atoms with Crippen LogP contribution < -0.4 is 5.73 Å². The van der Waals surface area contributed by atoms with E-state index in [0.29, 0.717) is 19.0 Å². The molecule has 1 aromatic heterocycles. The molecule has 0 bridgehead atoms.